The number of fused-ring (bicyclic) bond motifs is 2. The molecule has 3 unspecified atom stereocenters. The number of hydrogen-bond acceptors (Lipinski definition) is 3. The minimum atomic E-state index is -0.332. The number of allylic oxidation sites excluding steroid dienone is 2. The molecule has 178 valence electrons. The van der Waals surface area contributed by atoms with Gasteiger partial charge in [-0.1, -0.05) is 47.6 Å². The maximum Gasteiger partial charge on any atom is 0.334 e. The highest BCUT2D eigenvalue weighted by atomic mass is 16.5. The van der Waals surface area contributed by atoms with Crippen LogP contribution < -0.4 is 5.32 Å². The molecule has 2 saturated carbocycles. The van der Waals surface area contributed by atoms with Crippen molar-refractivity contribution < 1.29 is 14.3 Å². The summed E-state index contributed by atoms with van der Waals surface area (Å²) < 4.78 is 5.10. The Kier molecular flexibility index (Phi) is 9.59. The zero-order chi connectivity index (χ0) is 24.0. The van der Waals surface area contributed by atoms with Crippen LogP contribution in [0.25, 0.3) is 0 Å². The molecule has 2 fully saturated rings. The van der Waals surface area contributed by atoms with Crippen molar-refractivity contribution in [2.24, 2.45) is 22.2 Å². The van der Waals surface area contributed by atoms with Crippen LogP contribution >= 0.6 is 0 Å². The predicted molar refractivity (Wildman–Crippen MR) is 129 cm³/mol. The molecule has 0 aromatic rings. The second-order valence-electron chi connectivity index (χ2n) is 11.0. The van der Waals surface area contributed by atoms with E-state index < -0.39 is 0 Å². The number of esters is 1. The topological polar surface area (TPSA) is 55.4 Å². The van der Waals surface area contributed by atoms with E-state index in [0.29, 0.717) is 41.0 Å². The molecule has 0 radical (unpaired) electrons. The number of rotatable bonds is 6. The van der Waals surface area contributed by atoms with Crippen LogP contribution in [0.2, 0.25) is 0 Å². The number of ether oxygens (including phenoxy) is 1. The fourth-order valence-corrected chi connectivity index (χ4v) is 6.62. The van der Waals surface area contributed by atoms with E-state index in [9.17, 15) is 9.59 Å². The number of carbonyl (C=O) groups excluding carboxylic acids is 2. The molecule has 0 saturated heterocycles. The second kappa shape index (κ2) is 10.8. The van der Waals surface area contributed by atoms with Gasteiger partial charge < -0.3 is 10.1 Å². The van der Waals surface area contributed by atoms with E-state index in [1.807, 2.05) is 33.8 Å². The molecule has 4 nitrogen and oxygen atoms in total. The van der Waals surface area contributed by atoms with Gasteiger partial charge >= 0.3 is 5.97 Å². The van der Waals surface area contributed by atoms with Crippen molar-refractivity contribution in [2.45, 2.75) is 108 Å². The molecular formula is C27H47NO3. The van der Waals surface area contributed by atoms with Crippen LogP contribution in [0.4, 0.5) is 0 Å². The lowest BCUT2D eigenvalue weighted by atomic mass is 9.49. The van der Waals surface area contributed by atoms with E-state index in [-0.39, 0.29) is 17.3 Å². The van der Waals surface area contributed by atoms with Gasteiger partial charge in [0, 0.05) is 17.7 Å². The van der Waals surface area contributed by atoms with Gasteiger partial charge in [-0.15, -0.1) is 0 Å². The Hall–Kier alpha value is -1.58. The van der Waals surface area contributed by atoms with Crippen LogP contribution in [0, 0.1) is 22.2 Å². The van der Waals surface area contributed by atoms with Gasteiger partial charge in [0.2, 0.25) is 5.91 Å². The molecule has 1 N–H and O–H groups in total. The van der Waals surface area contributed by atoms with Crippen molar-refractivity contribution >= 4 is 11.9 Å². The molecule has 1 amide bonds. The summed E-state index contributed by atoms with van der Waals surface area (Å²) in [7, 11) is 0. The van der Waals surface area contributed by atoms with Crippen molar-refractivity contribution in [3.05, 3.63) is 22.9 Å². The van der Waals surface area contributed by atoms with Gasteiger partial charge in [0.15, 0.2) is 0 Å². The van der Waals surface area contributed by atoms with Crippen molar-refractivity contribution in [1.29, 1.82) is 0 Å². The Morgan fingerprint density at radius 2 is 1.61 bits per heavy atom. The fourth-order valence-electron chi connectivity index (χ4n) is 6.62. The van der Waals surface area contributed by atoms with Crippen molar-refractivity contribution in [2.75, 3.05) is 6.61 Å². The Morgan fingerprint density at radius 1 is 1.00 bits per heavy atom. The van der Waals surface area contributed by atoms with Gasteiger partial charge in [-0.2, -0.15) is 0 Å². The Morgan fingerprint density at radius 3 is 2.13 bits per heavy atom. The molecule has 0 aromatic carbocycles. The van der Waals surface area contributed by atoms with Crippen LogP contribution in [-0.2, 0) is 14.3 Å². The molecule has 2 aliphatic carbocycles. The Labute approximate surface area is 191 Å². The zero-order valence-electron chi connectivity index (χ0n) is 21.8. The molecule has 0 aliphatic heterocycles. The molecular weight excluding hydrogens is 386 g/mol. The smallest absolute Gasteiger partial charge is 0.334 e. The number of carbonyl (C=O) groups is 2. The number of nitrogens with one attached hydrogen (secondary N) is 1. The van der Waals surface area contributed by atoms with Crippen LogP contribution in [0.3, 0.4) is 0 Å². The third kappa shape index (κ3) is 7.50. The van der Waals surface area contributed by atoms with Crippen molar-refractivity contribution in [1.82, 2.24) is 5.32 Å². The average molecular weight is 434 g/mol. The Balaban J connectivity index is 0.00000233. The molecule has 2 aliphatic rings. The van der Waals surface area contributed by atoms with E-state index in [0.717, 1.165) is 18.4 Å². The standard InChI is InChI=1S/C25H41NO3.C2H6/c1-9-20(17(3)18(4)22(28)29-10-2)26-21(27)14-24(7)12-19-11-23(5,6)15-25(8,13-19)16-24;1-2/h9,19H,10-16H2,1-8H3,(H,26,27);1-2H3/b18-17+,20-9+;. The first kappa shape index (κ1) is 27.5. The lowest BCUT2D eigenvalue weighted by molar-refractivity contribution is -0.138. The first-order valence-corrected chi connectivity index (χ1v) is 12.1. The summed E-state index contributed by atoms with van der Waals surface area (Å²) >= 11 is 0. The van der Waals surface area contributed by atoms with Gasteiger partial charge in [0.25, 0.3) is 0 Å². The first-order valence-electron chi connectivity index (χ1n) is 12.1. The molecule has 3 atom stereocenters. The van der Waals surface area contributed by atoms with Gasteiger partial charge in [0.1, 0.15) is 0 Å². The van der Waals surface area contributed by atoms with Gasteiger partial charge in [0.05, 0.1) is 6.61 Å². The Bertz CT molecular complexity index is 716. The van der Waals surface area contributed by atoms with Crippen LogP contribution in [0.1, 0.15) is 108 Å². The van der Waals surface area contributed by atoms with Gasteiger partial charge in [-0.3, -0.25) is 4.79 Å². The van der Waals surface area contributed by atoms with E-state index in [4.69, 9.17) is 4.74 Å². The van der Waals surface area contributed by atoms with Crippen LogP contribution in [-0.4, -0.2) is 18.5 Å². The third-order valence-electron chi connectivity index (χ3n) is 6.86. The number of hydrogen-bond donors (Lipinski definition) is 1. The predicted octanol–water partition coefficient (Wildman–Crippen LogP) is 6.95. The monoisotopic (exact) mass is 433 g/mol. The molecule has 0 heterocycles. The third-order valence-corrected chi connectivity index (χ3v) is 6.86. The second-order valence-corrected chi connectivity index (χ2v) is 11.0. The maximum atomic E-state index is 13.0. The highest BCUT2D eigenvalue weighted by Gasteiger charge is 2.50. The van der Waals surface area contributed by atoms with Crippen LogP contribution in [0.15, 0.2) is 22.9 Å². The van der Waals surface area contributed by atoms with E-state index >= 15 is 0 Å². The minimum Gasteiger partial charge on any atom is -0.463 e. The fraction of sp³-hybridized carbons (Fsp3) is 0.778. The zero-order valence-corrected chi connectivity index (χ0v) is 21.8. The largest absolute Gasteiger partial charge is 0.463 e. The summed E-state index contributed by atoms with van der Waals surface area (Å²) in [5, 5.41) is 3.07. The summed E-state index contributed by atoms with van der Waals surface area (Å²) in [4.78, 5) is 25.0. The molecule has 0 spiro atoms. The van der Waals surface area contributed by atoms with Gasteiger partial charge in [-0.25, -0.2) is 4.79 Å². The molecule has 4 heteroatoms. The summed E-state index contributed by atoms with van der Waals surface area (Å²) in [6.45, 7) is 21.1. The maximum absolute atomic E-state index is 13.0. The highest BCUT2D eigenvalue weighted by molar-refractivity contribution is 5.90. The quantitative estimate of drug-likeness (QED) is 0.280. The van der Waals surface area contributed by atoms with E-state index in [1.165, 1.54) is 19.3 Å². The highest BCUT2D eigenvalue weighted by Crippen LogP contribution is 2.60. The normalized spacial score (nSPS) is 30.4. The van der Waals surface area contributed by atoms with E-state index in [2.05, 4.69) is 33.0 Å². The lowest BCUT2D eigenvalue weighted by Crippen LogP contribution is -2.46. The summed E-state index contributed by atoms with van der Waals surface area (Å²) in [5.74, 6) is 0.421. The van der Waals surface area contributed by atoms with Gasteiger partial charge in [-0.05, 0) is 87.5 Å². The number of amides is 1. The average Bonchev–Trinajstić information content (AvgIpc) is 2.63. The SMILES string of the molecule is C/C=C(NC(=O)CC1(C)CC2CC(C)(C)CC(C)(C2)C1)\C(C)=C(/C)C(=O)OCC.CC. The molecule has 2 rings (SSSR count). The molecule has 0 aromatic heterocycles. The summed E-state index contributed by atoms with van der Waals surface area (Å²) in [6.07, 6.45) is 8.43. The minimum absolute atomic E-state index is 0.0326. The van der Waals surface area contributed by atoms with Crippen molar-refractivity contribution in [3.63, 3.8) is 0 Å². The van der Waals surface area contributed by atoms with E-state index in [1.54, 1.807) is 13.8 Å². The summed E-state index contributed by atoms with van der Waals surface area (Å²) in [5.41, 5.74) is 2.77. The molecule has 31 heavy (non-hydrogen) atoms. The van der Waals surface area contributed by atoms with Crippen LogP contribution in [0.5, 0.6) is 0 Å². The summed E-state index contributed by atoms with van der Waals surface area (Å²) in [6, 6.07) is 0. The first-order chi connectivity index (χ1) is 14.3. The van der Waals surface area contributed by atoms with Crippen molar-refractivity contribution in [3.8, 4) is 0 Å². The lowest BCUT2D eigenvalue weighted by Gasteiger charge is -2.56. The molecule has 2 bridgehead atoms.